The molecule has 0 aliphatic rings. The summed E-state index contributed by atoms with van der Waals surface area (Å²) in [6.07, 6.45) is -3.95. The van der Waals surface area contributed by atoms with Crippen LogP contribution in [0.4, 0.5) is 19.1 Å². The third-order valence-corrected chi connectivity index (χ3v) is 2.95. The highest BCUT2D eigenvalue weighted by atomic mass is 19.4. The third kappa shape index (κ3) is 6.25. The van der Waals surface area contributed by atoms with Crippen LogP contribution < -0.4 is 10.9 Å². The largest absolute Gasteiger partial charge is 0.433 e. The molecule has 1 aromatic rings. The Morgan fingerprint density at radius 1 is 1.52 bits per heavy atom. The molecule has 12 heteroatoms. The van der Waals surface area contributed by atoms with Crippen LogP contribution in [0.2, 0.25) is 0 Å². The van der Waals surface area contributed by atoms with Crippen molar-refractivity contribution in [3.8, 4) is 0 Å². The van der Waals surface area contributed by atoms with E-state index in [0.717, 1.165) is 12.6 Å². The Morgan fingerprint density at radius 2 is 2.20 bits per heavy atom. The molecule has 0 radical (unpaired) electrons. The maximum atomic E-state index is 12.7. The summed E-state index contributed by atoms with van der Waals surface area (Å²) in [5.41, 5.74) is -1.28. The second-order valence-electron chi connectivity index (χ2n) is 4.89. The van der Waals surface area contributed by atoms with Crippen molar-refractivity contribution in [1.82, 2.24) is 15.0 Å². The molecule has 0 bridgehead atoms. The molecule has 9 nitrogen and oxygen atoms in total. The van der Waals surface area contributed by atoms with E-state index in [1.54, 1.807) is 0 Å². The SMILES string of the molecule is CCCCO[C@H](CN(O)C=O)C(=O)N(N)c1nccc(C(F)(F)F)n1. The zero-order chi connectivity index (χ0) is 19.0. The Morgan fingerprint density at radius 3 is 2.76 bits per heavy atom. The number of carbonyl (C=O) groups is 2. The number of aromatic nitrogens is 2. The maximum Gasteiger partial charge on any atom is 0.433 e. The minimum atomic E-state index is -4.74. The van der Waals surface area contributed by atoms with Crippen molar-refractivity contribution in [3.63, 3.8) is 0 Å². The molecule has 0 aliphatic carbocycles. The van der Waals surface area contributed by atoms with Gasteiger partial charge in [0.15, 0.2) is 6.10 Å². The molecule has 0 saturated heterocycles. The van der Waals surface area contributed by atoms with Gasteiger partial charge in [0.25, 0.3) is 5.91 Å². The van der Waals surface area contributed by atoms with Gasteiger partial charge >= 0.3 is 6.18 Å². The molecule has 1 rings (SSSR count). The lowest BCUT2D eigenvalue weighted by atomic mass is 10.3. The summed E-state index contributed by atoms with van der Waals surface area (Å²) in [5.74, 6) is 3.78. The first kappa shape index (κ1) is 20.7. The number of alkyl halides is 3. The fourth-order valence-electron chi connectivity index (χ4n) is 1.66. The van der Waals surface area contributed by atoms with Crippen molar-refractivity contribution < 1.29 is 32.7 Å². The molecule has 0 fully saturated rings. The van der Waals surface area contributed by atoms with E-state index in [-0.39, 0.29) is 23.1 Å². The van der Waals surface area contributed by atoms with Crippen LogP contribution in [0.25, 0.3) is 0 Å². The molecule has 0 aromatic carbocycles. The number of hydrazine groups is 1. The molecule has 0 saturated carbocycles. The quantitative estimate of drug-likeness (QED) is 0.165. The summed E-state index contributed by atoms with van der Waals surface area (Å²) < 4.78 is 43.3. The number of hydrogen-bond donors (Lipinski definition) is 2. The summed E-state index contributed by atoms with van der Waals surface area (Å²) in [4.78, 5) is 29.5. The van der Waals surface area contributed by atoms with Crippen LogP contribution in [0.15, 0.2) is 12.3 Å². The molecule has 0 aliphatic heterocycles. The number of anilines is 1. The van der Waals surface area contributed by atoms with E-state index in [1.807, 2.05) is 6.92 Å². The van der Waals surface area contributed by atoms with Crippen LogP contribution in [-0.2, 0) is 20.5 Å². The Bertz CT molecular complexity index is 587. The smallest absolute Gasteiger partial charge is 0.366 e. The van der Waals surface area contributed by atoms with Gasteiger partial charge < -0.3 is 4.74 Å². The standard InChI is InChI=1S/C13H18F3N5O4/c1-2-3-6-25-9(7-20(24)8-22)11(23)21(17)12-18-5-4-10(19-12)13(14,15)16/h4-5,8-9,24H,2-3,6-7,17H2,1H3/t9-/m1/s1. The first-order valence-electron chi connectivity index (χ1n) is 7.22. The topological polar surface area (TPSA) is 122 Å². The number of amides is 2. The first-order chi connectivity index (χ1) is 11.7. The second kappa shape index (κ2) is 9.25. The van der Waals surface area contributed by atoms with E-state index in [4.69, 9.17) is 10.6 Å². The van der Waals surface area contributed by atoms with Crippen molar-refractivity contribution >= 4 is 18.3 Å². The number of nitrogens with two attached hydrogens (primary N) is 1. The zero-order valence-corrected chi connectivity index (χ0v) is 13.3. The van der Waals surface area contributed by atoms with Gasteiger partial charge in [-0.25, -0.2) is 25.9 Å². The predicted molar refractivity (Wildman–Crippen MR) is 77.9 cm³/mol. The number of halogens is 3. The molecular formula is C13H18F3N5O4. The molecule has 140 valence electrons. The molecule has 25 heavy (non-hydrogen) atoms. The van der Waals surface area contributed by atoms with Gasteiger partial charge in [-0.05, 0) is 12.5 Å². The van der Waals surface area contributed by atoms with Crippen LogP contribution in [-0.4, -0.2) is 51.8 Å². The number of carbonyl (C=O) groups excluding carboxylic acids is 2. The normalized spacial score (nSPS) is 12.6. The maximum absolute atomic E-state index is 12.7. The molecule has 0 unspecified atom stereocenters. The van der Waals surface area contributed by atoms with Crippen LogP contribution in [0.3, 0.4) is 0 Å². The van der Waals surface area contributed by atoms with Gasteiger partial charge in [-0.15, -0.1) is 0 Å². The van der Waals surface area contributed by atoms with Crippen LogP contribution in [0.5, 0.6) is 0 Å². The highest BCUT2D eigenvalue weighted by Gasteiger charge is 2.34. The van der Waals surface area contributed by atoms with Crippen LogP contribution in [0.1, 0.15) is 25.5 Å². The predicted octanol–water partition coefficient (Wildman–Crippen LogP) is 0.735. The van der Waals surface area contributed by atoms with Crippen molar-refractivity contribution in [1.29, 1.82) is 0 Å². The molecule has 1 atom stereocenters. The molecule has 0 spiro atoms. The lowest BCUT2D eigenvalue weighted by Gasteiger charge is -2.24. The van der Waals surface area contributed by atoms with Gasteiger partial charge in [0.1, 0.15) is 5.69 Å². The molecular weight excluding hydrogens is 347 g/mol. The highest BCUT2D eigenvalue weighted by Crippen LogP contribution is 2.27. The Hall–Kier alpha value is -2.31. The van der Waals surface area contributed by atoms with E-state index >= 15 is 0 Å². The summed E-state index contributed by atoms with van der Waals surface area (Å²) in [6.45, 7) is 1.44. The molecule has 1 heterocycles. The van der Waals surface area contributed by atoms with Gasteiger partial charge in [-0.1, -0.05) is 13.3 Å². The summed E-state index contributed by atoms with van der Waals surface area (Å²) in [6, 6.07) is 0.624. The minimum absolute atomic E-state index is 0.0467. The van der Waals surface area contributed by atoms with E-state index in [2.05, 4.69) is 9.97 Å². The van der Waals surface area contributed by atoms with E-state index in [9.17, 15) is 28.0 Å². The number of rotatable bonds is 9. The monoisotopic (exact) mass is 365 g/mol. The number of hydroxylamine groups is 2. The molecule has 2 amide bonds. The number of unbranched alkanes of at least 4 members (excludes halogenated alkanes) is 1. The van der Waals surface area contributed by atoms with Crippen molar-refractivity contribution in [3.05, 3.63) is 18.0 Å². The third-order valence-electron chi connectivity index (χ3n) is 2.95. The van der Waals surface area contributed by atoms with Crippen molar-refractivity contribution in [2.75, 3.05) is 18.2 Å². The summed E-state index contributed by atoms with van der Waals surface area (Å²) >= 11 is 0. The summed E-state index contributed by atoms with van der Waals surface area (Å²) in [5, 5.41) is 9.67. The molecule has 1 aromatic heterocycles. The van der Waals surface area contributed by atoms with E-state index in [0.29, 0.717) is 12.5 Å². The fraction of sp³-hybridized carbons (Fsp3) is 0.538. The number of ether oxygens (including phenoxy) is 1. The second-order valence-corrected chi connectivity index (χ2v) is 4.89. The van der Waals surface area contributed by atoms with Gasteiger partial charge in [0, 0.05) is 12.8 Å². The van der Waals surface area contributed by atoms with Crippen molar-refractivity contribution in [2.24, 2.45) is 5.84 Å². The Kier molecular flexibility index (Phi) is 7.67. The number of nitrogens with zero attached hydrogens (tertiary/aromatic N) is 4. The van der Waals surface area contributed by atoms with E-state index < -0.39 is 36.4 Å². The van der Waals surface area contributed by atoms with Gasteiger partial charge in [0.05, 0.1) is 6.54 Å². The zero-order valence-electron chi connectivity index (χ0n) is 13.3. The summed E-state index contributed by atoms with van der Waals surface area (Å²) in [7, 11) is 0. The Balaban J connectivity index is 2.96. The van der Waals surface area contributed by atoms with Crippen LogP contribution in [0, 0.1) is 0 Å². The van der Waals surface area contributed by atoms with E-state index in [1.165, 1.54) is 0 Å². The van der Waals surface area contributed by atoms with Gasteiger partial charge in [-0.2, -0.15) is 13.2 Å². The van der Waals surface area contributed by atoms with Gasteiger partial charge in [-0.3, -0.25) is 14.8 Å². The highest BCUT2D eigenvalue weighted by molar-refractivity contribution is 5.94. The lowest BCUT2D eigenvalue weighted by molar-refractivity contribution is -0.161. The first-order valence-corrected chi connectivity index (χ1v) is 7.22. The van der Waals surface area contributed by atoms with Crippen molar-refractivity contribution in [2.45, 2.75) is 32.0 Å². The number of hydrogen-bond acceptors (Lipinski definition) is 7. The Labute approximate surface area is 141 Å². The minimum Gasteiger partial charge on any atom is -0.366 e. The van der Waals surface area contributed by atoms with Crippen LogP contribution >= 0.6 is 0 Å². The average Bonchev–Trinajstić information content (AvgIpc) is 2.59. The van der Waals surface area contributed by atoms with Gasteiger partial charge in [0.2, 0.25) is 12.4 Å². The average molecular weight is 365 g/mol. The molecule has 3 N–H and O–H groups in total. The fourth-order valence-corrected chi connectivity index (χ4v) is 1.66. The lowest BCUT2D eigenvalue weighted by Crippen LogP contribution is -2.50.